The van der Waals surface area contributed by atoms with Crippen LogP contribution < -0.4 is 0 Å². The molecule has 0 unspecified atom stereocenters. The van der Waals surface area contributed by atoms with Gasteiger partial charge in [0.25, 0.3) is 0 Å². The molecule has 0 radical (unpaired) electrons. The van der Waals surface area contributed by atoms with Gasteiger partial charge < -0.3 is 14.6 Å². The summed E-state index contributed by atoms with van der Waals surface area (Å²) in [6.45, 7) is 5.32. The lowest BCUT2D eigenvalue weighted by molar-refractivity contribution is -0.129. The Bertz CT molecular complexity index is 605. The van der Waals surface area contributed by atoms with Crippen molar-refractivity contribution < 1.29 is 9.53 Å². The Morgan fingerprint density at radius 3 is 3.14 bits per heavy atom. The van der Waals surface area contributed by atoms with E-state index in [1.165, 1.54) is 0 Å². The van der Waals surface area contributed by atoms with Crippen molar-refractivity contribution in [1.82, 2.24) is 14.9 Å². The Balaban J connectivity index is 1.54. The van der Waals surface area contributed by atoms with E-state index >= 15 is 0 Å². The van der Waals surface area contributed by atoms with E-state index in [0.29, 0.717) is 12.3 Å². The summed E-state index contributed by atoms with van der Waals surface area (Å²) in [4.78, 5) is 22.0. The van der Waals surface area contributed by atoms with Gasteiger partial charge in [-0.15, -0.1) is 0 Å². The molecule has 22 heavy (non-hydrogen) atoms. The van der Waals surface area contributed by atoms with Crippen molar-refractivity contribution in [2.45, 2.75) is 26.2 Å². The molecule has 0 aliphatic carbocycles. The van der Waals surface area contributed by atoms with Gasteiger partial charge in [0.1, 0.15) is 5.82 Å². The van der Waals surface area contributed by atoms with E-state index in [9.17, 15) is 4.79 Å². The molecule has 1 saturated heterocycles. The number of benzene rings is 1. The largest absolute Gasteiger partial charge is 0.381 e. The second kappa shape index (κ2) is 6.92. The van der Waals surface area contributed by atoms with Gasteiger partial charge in [0.05, 0.1) is 24.1 Å². The van der Waals surface area contributed by atoms with Crippen LogP contribution in [0.3, 0.4) is 0 Å². The van der Waals surface area contributed by atoms with Crippen molar-refractivity contribution in [3.63, 3.8) is 0 Å². The lowest BCUT2D eigenvalue weighted by Crippen LogP contribution is -2.31. The number of carbonyl (C=O) groups excluding carboxylic acids is 1. The first-order valence-corrected chi connectivity index (χ1v) is 8.05. The maximum Gasteiger partial charge on any atom is 0.230 e. The summed E-state index contributed by atoms with van der Waals surface area (Å²) < 4.78 is 5.60. The van der Waals surface area contributed by atoms with Gasteiger partial charge in [-0.1, -0.05) is 19.1 Å². The van der Waals surface area contributed by atoms with Crippen LogP contribution in [0.15, 0.2) is 24.3 Å². The third-order valence-corrected chi connectivity index (χ3v) is 4.10. The van der Waals surface area contributed by atoms with Crippen molar-refractivity contribution >= 4 is 16.9 Å². The highest BCUT2D eigenvalue weighted by molar-refractivity contribution is 5.80. The molecule has 1 aliphatic heterocycles. The molecule has 0 saturated carbocycles. The van der Waals surface area contributed by atoms with E-state index < -0.39 is 0 Å². The molecular weight excluding hydrogens is 278 g/mol. The van der Waals surface area contributed by atoms with Crippen LogP contribution >= 0.6 is 0 Å². The lowest BCUT2D eigenvalue weighted by atomic mass is 10.1. The van der Waals surface area contributed by atoms with E-state index in [1.807, 2.05) is 29.2 Å². The SMILES string of the molecule is CCCOC[C@@H]1CCN(C(=O)Cc2nc3ccccc3[nH]2)C1. The van der Waals surface area contributed by atoms with Crippen molar-refractivity contribution in [3.8, 4) is 0 Å². The van der Waals surface area contributed by atoms with Crippen LogP contribution in [-0.2, 0) is 16.0 Å². The van der Waals surface area contributed by atoms with Crippen molar-refractivity contribution in [3.05, 3.63) is 30.1 Å². The van der Waals surface area contributed by atoms with Crippen LogP contribution in [0.25, 0.3) is 11.0 Å². The molecule has 5 nitrogen and oxygen atoms in total. The van der Waals surface area contributed by atoms with Crippen LogP contribution in [0, 0.1) is 5.92 Å². The number of amides is 1. The maximum atomic E-state index is 12.4. The first kappa shape index (κ1) is 15.0. The van der Waals surface area contributed by atoms with E-state index in [4.69, 9.17) is 4.74 Å². The normalized spacial score (nSPS) is 18.2. The molecule has 1 aliphatic rings. The number of rotatable bonds is 6. The fraction of sp³-hybridized carbons (Fsp3) is 0.529. The molecule has 1 aromatic heterocycles. The quantitative estimate of drug-likeness (QED) is 0.833. The van der Waals surface area contributed by atoms with Gasteiger partial charge in [-0.05, 0) is 25.0 Å². The number of H-pyrrole nitrogens is 1. The highest BCUT2D eigenvalue weighted by Crippen LogP contribution is 2.18. The highest BCUT2D eigenvalue weighted by atomic mass is 16.5. The van der Waals surface area contributed by atoms with Crippen molar-refractivity contribution in [2.75, 3.05) is 26.3 Å². The predicted molar refractivity (Wildman–Crippen MR) is 85.6 cm³/mol. The summed E-state index contributed by atoms with van der Waals surface area (Å²) in [5, 5.41) is 0. The number of hydrogen-bond donors (Lipinski definition) is 1. The second-order valence-corrected chi connectivity index (χ2v) is 5.95. The molecule has 1 N–H and O–H groups in total. The number of ether oxygens (including phenoxy) is 1. The summed E-state index contributed by atoms with van der Waals surface area (Å²) in [5.41, 5.74) is 1.90. The number of aromatic nitrogens is 2. The molecule has 2 aromatic rings. The monoisotopic (exact) mass is 301 g/mol. The number of fused-ring (bicyclic) bond motifs is 1. The van der Waals surface area contributed by atoms with Gasteiger partial charge in [-0.3, -0.25) is 4.79 Å². The van der Waals surface area contributed by atoms with Gasteiger partial charge >= 0.3 is 0 Å². The van der Waals surface area contributed by atoms with E-state index in [-0.39, 0.29) is 5.91 Å². The van der Waals surface area contributed by atoms with Crippen LogP contribution in [0.2, 0.25) is 0 Å². The number of nitrogens with zero attached hydrogens (tertiary/aromatic N) is 2. The van der Waals surface area contributed by atoms with E-state index in [1.54, 1.807) is 0 Å². The zero-order chi connectivity index (χ0) is 15.4. The van der Waals surface area contributed by atoms with Gasteiger partial charge in [0, 0.05) is 25.6 Å². The Morgan fingerprint density at radius 1 is 1.45 bits per heavy atom. The van der Waals surface area contributed by atoms with E-state index in [2.05, 4.69) is 16.9 Å². The molecule has 2 heterocycles. The number of para-hydroxylation sites is 2. The minimum atomic E-state index is 0.150. The fourth-order valence-corrected chi connectivity index (χ4v) is 2.93. The smallest absolute Gasteiger partial charge is 0.230 e. The van der Waals surface area contributed by atoms with Crippen LogP contribution in [0.4, 0.5) is 0 Å². The molecule has 0 bridgehead atoms. The summed E-state index contributed by atoms with van der Waals surface area (Å²) in [6, 6.07) is 7.85. The Hall–Kier alpha value is -1.88. The number of nitrogens with one attached hydrogen (secondary N) is 1. The first-order valence-electron chi connectivity index (χ1n) is 8.05. The second-order valence-electron chi connectivity index (χ2n) is 5.95. The molecule has 1 atom stereocenters. The molecule has 0 spiro atoms. The average molecular weight is 301 g/mol. The third kappa shape index (κ3) is 3.47. The molecule has 1 aromatic carbocycles. The van der Waals surface area contributed by atoms with Gasteiger partial charge in [-0.2, -0.15) is 0 Å². The van der Waals surface area contributed by atoms with Crippen LogP contribution in [0.5, 0.6) is 0 Å². The van der Waals surface area contributed by atoms with Gasteiger partial charge in [0.2, 0.25) is 5.91 Å². The first-order chi connectivity index (χ1) is 10.8. The number of carbonyl (C=O) groups is 1. The summed E-state index contributed by atoms with van der Waals surface area (Å²) in [5.74, 6) is 1.38. The van der Waals surface area contributed by atoms with Crippen LogP contribution in [-0.4, -0.2) is 47.1 Å². The highest BCUT2D eigenvalue weighted by Gasteiger charge is 2.26. The average Bonchev–Trinajstić information content (AvgIpc) is 3.13. The molecule has 3 rings (SSSR count). The number of aromatic amines is 1. The van der Waals surface area contributed by atoms with E-state index in [0.717, 1.165) is 56.0 Å². The summed E-state index contributed by atoms with van der Waals surface area (Å²) >= 11 is 0. The molecule has 118 valence electrons. The van der Waals surface area contributed by atoms with Crippen molar-refractivity contribution in [1.29, 1.82) is 0 Å². The van der Waals surface area contributed by atoms with Gasteiger partial charge in [0.15, 0.2) is 0 Å². The minimum Gasteiger partial charge on any atom is -0.381 e. The minimum absolute atomic E-state index is 0.150. The van der Waals surface area contributed by atoms with Crippen molar-refractivity contribution in [2.24, 2.45) is 5.92 Å². The topological polar surface area (TPSA) is 58.2 Å². The lowest BCUT2D eigenvalue weighted by Gasteiger charge is -2.16. The zero-order valence-electron chi connectivity index (χ0n) is 13.0. The number of likely N-dealkylation sites (tertiary alicyclic amines) is 1. The molecular formula is C17H23N3O2. The molecule has 1 fully saturated rings. The Kier molecular flexibility index (Phi) is 4.73. The summed E-state index contributed by atoms with van der Waals surface area (Å²) in [7, 11) is 0. The standard InChI is InChI=1S/C17H23N3O2/c1-2-9-22-12-13-7-8-20(11-13)17(21)10-16-18-14-5-3-4-6-15(14)19-16/h3-6,13H,2,7-12H2,1H3,(H,18,19)/t13-/m1/s1. The molecule has 1 amide bonds. The zero-order valence-corrected chi connectivity index (χ0v) is 13.0. The van der Waals surface area contributed by atoms with Crippen LogP contribution in [0.1, 0.15) is 25.6 Å². The Morgan fingerprint density at radius 2 is 2.32 bits per heavy atom. The predicted octanol–water partition coefficient (Wildman–Crippen LogP) is 2.38. The maximum absolute atomic E-state index is 12.4. The fourth-order valence-electron chi connectivity index (χ4n) is 2.93. The Labute approximate surface area is 130 Å². The summed E-state index contributed by atoms with van der Waals surface area (Å²) in [6.07, 6.45) is 2.42. The number of hydrogen-bond acceptors (Lipinski definition) is 3. The third-order valence-electron chi connectivity index (χ3n) is 4.10. The number of imidazole rings is 1. The molecule has 5 heteroatoms. The van der Waals surface area contributed by atoms with Gasteiger partial charge in [-0.25, -0.2) is 4.98 Å².